The first kappa shape index (κ1) is 13.4. The molecule has 2 aromatic rings. The highest BCUT2D eigenvalue weighted by atomic mass is 32.2. The first-order valence-electron chi connectivity index (χ1n) is 6.73. The molecule has 0 radical (unpaired) electrons. The number of pyridine rings is 1. The summed E-state index contributed by atoms with van der Waals surface area (Å²) in [5.41, 5.74) is 0. The summed E-state index contributed by atoms with van der Waals surface area (Å²) in [5.74, 6) is 2.52. The summed E-state index contributed by atoms with van der Waals surface area (Å²) in [6, 6.07) is 6.04. The Bertz CT molecular complexity index is 618. The highest BCUT2D eigenvalue weighted by molar-refractivity contribution is 7.99. The number of thioether (sulfide) groups is 1. The minimum atomic E-state index is 0.546. The third-order valence-corrected chi connectivity index (χ3v) is 4.36. The number of benzene rings is 1. The summed E-state index contributed by atoms with van der Waals surface area (Å²) in [6.45, 7) is 4.30. The van der Waals surface area contributed by atoms with E-state index in [0.29, 0.717) is 18.5 Å². The summed E-state index contributed by atoms with van der Waals surface area (Å²) >= 11 is 1.84. The zero-order chi connectivity index (χ0) is 13.9. The van der Waals surface area contributed by atoms with Crippen molar-refractivity contribution in [2.75, 3.05) is 31.3 Å². The van der Waals surface area contributed by atoms with E-state index in [-0.39, 0.29) is 0 Å². The number of anilines is 1. The van der Waals surface area contributed by atoms with E-state index in [4.69, 9.17) is 9.47 Å². The van der Waals surface area contributed by atoms with Gasteiger partial charge in [0.15, 0.2) is 11.5 Å². The Hall–Kier alpha value is -1.62. The summed E-state index contributed by atoms with van der Waals surface area (Å²) in [6.07, 6.45) is 3.94. The van der Waals surface area contributed by atoms with Crippen LogP contribution in [0.15, 0.2) is 24.4 Å². The number of rotatable bonds is 4. The first-order valence-corrected chi connectivity index (χ1v) is 8.02. The van der Waals surface area contributed by atoms with Crippen LogP contribution in [0.5, 0.6) is 11.5 Å². The molecule has 1 aliphatic heterocycles. The van der Waals surface area contributed by atoms with Gasteiger partial charge in [-0.2, -0.15) is 11.8 Å². The van der Waals surface area contributed by atoms with Crippen molar-refractivity contribution in [1.82, 2.24) is 4.98 Å². The van der Waals surface area contributed by atoms with E-state index in [0.717, 1.165) is 34.6 Å². The Morgan fingerprint density at radius 1 is 1.30 bits per heavy atom. The van der Waals surface area contributed by atoms with Gasteiger partial charge >= 0.3 is 0 Å². The summed E-state index contributed by atoms with van der Waals surface area (Å²) in [5, 5.41) is 6.15. The standard InChI is InChI=1S/C15H18N2O2S/c1-10(20-2)9-17-15-12-8-14-13(18-5-6-19-14)7-11(12)3-4-16-15/h3-4,7-8,10H,5-6,9H2,1-2H3,(H,16,17). The number of fused-ring (bicyclic) bond motifs is 2. The maximum Gasteiger partial charge on any atom is 0.162 e. The van der Waals surface area contributed by atoms with Gasteiger partial charge in [0.05, 0.1) is 0 Å². The normalized spacial score (nSPS) is 15.1. The molecule has 1 aromatic heterocycles. The number of ether oxygens (including phenoxy) is 2. The van der Waals surface area contributed by atoms with E-state index in [1.165, 1.54) is 0 Å². The molecule has 0 fully saturated rings. The van der Waals surface area contributed by atoms with Crippen LogP contribution in [0.2, 0.25) is 0 Å². The zero-order valence-corrected chi connectivity index (χ0v) is 12.5. The van der Waals surface area contributed by atoms with Crippen molar-refractivity contribution in [3.63, 3.8) is 0 Å². The lowest BCUT2D eigenvalue weighted by molar-refractivity contribution is 0.172. The molecule has 4 nitrogen and oxygen atoms in total. The predicted molar refractivity (Wildman–Crippen MR) is 84.2 cm³/mol. The fraction of sp³-hybridized carbons (Fsp3) is 0.400. The Balaban J connectivity index is 1.96. The highest BCUT2D eigenvalue weighted by Crippen LogP contribution is 2.36. The summed E-state index contributed by atoms with van der Waals surface area (Å²) in [7, 11) is 0. The first-order chi connectivity index (χ1) is 9.78. The van der Waals surface area contributed by atoms with Crippen molar-refractivity contribution in [3.05, 3.63) is 24.4 Å². The van der Waals surface area contributed by atoms with Crippen LogP contribution in [-0.2, 0) is 0 Å². The smallest absolute Gasteiger partial charge is 0.162 e. The Morgan fingerprint density at radius 3 is 2.80 bits per heavy atom. The molecule has 1 atom stereocenters. The molecule has 0 saturated carbocycles. The molecule has 1 N–H and O–H groups in total. The predicted octanol–water partition coefficient (Wildman–Crippen LogP) is 3.17. The zero-order valence-electron chi connectivity index (χ0n) is 11.7. The van der Waals surface area contributed by atoms with E-state index in [1.807, 2.05) is 36.2 Å². The van der Waals surface area contributed by atoms with Crippen LogP contribution >= 0.6 is 11.8 Å². The second-order valence-electron chi connectivity index (χ2n) is 4.80. The number of hydrogen-bond acceptors (Lipinski definition) is 5. The van der Waals surface area contributed by atoms with E-state index >= 15 is 0 Å². The fourth-order valence-electron chi connectivity index (χ4n) is 2.17. The number of nitrogens with zero attached hydrogens (tertiary/aromatic N) is 1. The van der Waals surface area contributed by atoms with Crippen molar-refractivity contribution in [2.45, 2.75) is 12.2 Å². The maximum atomic E-state index is 5.65. The van der Waals surface area contributed by atoms with Gasteiger partial charge in [0, 0.05) is 23.4 Å². The number of aromatic nitrogens is 1. The molecule has 0 aliphatic carbocycles. The van der Waals surface area contributed by atoms with Crippen molar-refractivity contribution >= 4 is 28.4 Å². The summed E-state index contributed by atoms with van der Waals surface area (Å²) < 4.78 is 11.3. The van der Waals surface area contributed by atoms with Gasteiger partial charge in [-0.3, -0.25) is 0 Å². The molecule has 0 amide bonds. The molecule has 1 aromatic carbocycles. The SMILES string of the molecule is CSC(C)CNc1nccc2cc3c(cc12)OCCO3. The van der Waals surface area contributed by atoms with Crippen molar-refractivity contribution < 1.29 is 9.47 Å². The second-order valence-corrected chi connectivity index (χ2v) is 6.08. The fourth-order valence-corrected chi connectivity index (χ4v) is 2.42. The molecule has 5 heteroatoms. The van der Waals surface area contributed by atoms with Gasteiger partial charge in [0.1, 0.15) is 19.0 Å². The van der Waals surface area contributed by atoms with Gasteiger partial charge < -0.3 is 14.8 Å². The molecule has 0 bridgehead atoms. The molecule has 0 saturated heterocycles. The largest absolute Gasteiger partial charge is 0.486 e. The second kappa shape index (κ2) is 5.79. The van der Waals surface area contributed by atoms with Crippen molar-refractivity contribution in [3.8, 4) is 11.5 Å². The van der Waals surface area contributed by atoms with Crippen LogP contribution in [0.1, 0.15) is 6.92 Å². The number of hydrogen-bond donors (Lipinski definition) is 1. The van der Waals surface area contributed by atoms with Crippen molar-refractivity contribution in [2.24, 2.45) is 0 Å². The van der Waals surface area contributed by atoms with Gasteiger partial charge in [-0.05, 0) is 29.8 Å². The molecular weight excluding hydrogens is 272 g/mol. The van der Waals surface area contributed by atoms with Crippen LogP contribution in [0.25, 0.3) is 10.8 Å². The van der Waals surface area contributed by atoms with Gasteiger partial charge in [-0.15, -0.1) is 0 Å². The quantitative estimate of drug-likeness (QED) is 0.937. The number of nitrogens with one attached hydrogen (secondary N) is 1. The Labute approximate surface area is 122 Å². The van der Waals surface area contributed by atoms with Gasteiger partial charge in [0.2, 0.25) is 0 Å². The van der Waals surface area contributed by atoms with Crippen LogP contribution in [0.3, 0.4) is 0 Å². The molecule has 0 spiro atoms. The van der Waals surface area contributed by atoms with Crippen LogP contribution in [-0.4, -0.2) is 36.2 Å². The van der Waals surface area contributed by atoms with Crippen LogP contribution in [0, 0.1) is 0 Å². The maximum absolute atomic E-state index is 5.65. The van der Waals surface area contributed by atoms with E-state index < -0.39 is 0 Å². The third kappa shape index (κ3) is 2.63. The van der Waals surface area contributed by atoms with E-state index in [2.05, 4.69) is 23.5 Å². The monoisotopic (exact) mass is 290 g/mol. The Morgan fingerprint density at radius 2 is 2.05 bits per heavy atom. The highest BCUT2D eigenvalue weighted by Gasteiger charge is 2.14. The lowest BCUT2D eigenvalue weighted by atomic mass is 10.1. The molecule has 20 heavy (non-hydrogen) atoms. The van der Waals surface area contributed by atoms with Gasteiger partial charge in [0.25, 0.3) is 0 Å². The molecule has 106 valence electrons. The van der Waals surface area contributed by atoms with Crippen LogP contribution < -0.4 is 14.8 Å². The summed E-state index contributed by atoms with van der Waals surface area (Å²) in [4.78, 5) is 4.45. The average Bonchev–Trinajstić information content (AvgIpc) is 2.50. The molecule has 1 unspecified atom stereocenters. The lowest BCUT2D eigenvalue weighted by Gasteiger charge is -2.20. The lowest BCUT2D eigenvalue weighted by Crippen LogP contribution is -2.16. The minimum absolute atomic E-state index is 0.546. The average molecular weight is 290 g/mol. The van der Waals surface area contributed by atoms with E-state index in [9.17, 15) is 0 Å². The molecular formula is C15H18N2O2S. The van der Waals surface area contributed by atoms with E-state index in [1.54, 1.807) is 0 Å². The van der Waals surface area contributed by atoms with Gasteiger partial charge in [-0.1, -0.05) is 6.92 Å². The molecule has 3 rings (SSSR count). The molecule has 2 heterocycles. The van der Waals surface area contributed by atoms with Gasteiger partial charge in [-0.25, -0.2) is 4.98 Å². The van der Waals surface area contributed by atoms with Crippen LogP contribution in [0.4, 0.5) is 5.82 Å². The minimum Gasteiger partial charge on any atom is -0.486 e. The topological polar surface area (TPSA) is 43.4 Å². The van der Waals surface area contributed by atoms with Crippen molar-refractivity contribution in [1.29, 1.82) is 0 Å². The molecule has 1 aliphatic rings. The Kier molecular flexibility index (Phi) is 3.87. The third-order valence-electron chi connectivity index (χ3n) is 3.39.